The van der Waals surface area contributed by atoms with Crippen molar-refractivity contribution in [1.29, 1.82) is 0 Å². The van der Waals surface area contributed by atoms with Crippen LogP contribution in [0.4, 0.5) is 5.95 Å². The largest absolute Gasteiger partial charge is 0.336 e. The molecular formula is C14H25N5. The molecule has 1 fully saturated rings. The summed E-state index contributed by atoms with van der Waals surface area (Å²) in [4.78, 5) is 13.6. The van der Waals surface area contributed by atoms with Crippen LogP contribution in [0.3, 0.4) is 0 Å². The summed E-state index contributed by atoms with van der Waals surface area (Å²) in [5.41, 5.74) is 7.08. The molecule has 5 nitrogen and oxygen atoms in total. The van der Waals surface area contributed by atoms with Crippen molar-refractivity contribution in [1.82, 2.24) is 14.9 Å². The first-order valence-electron chi connectivity index (χ1n) is 7.11. The molecule has 0 radical (unpaired) electrons. The fourth-order valence-electron chi connectivity index (χ4n) is 2.49. The minimum atomic E-state index is 0.206. The van der Waals surface area contributed by atoms with Crippen molar-refractivity contribution in [3.05, 3.63) is 18.0 Å². The highest BCUT2D eigenvalue weighted by atomic mass is 15.3. The summed E-state index contributed by atoms with van der Waals surface area (Å²) in [6.07, 6.45) is 5.68. The van der Waals surface area contributed by atoms with Gasteiger partial charge in [-0.1, -0.05) is 6.92 Å². The van der Waals surface area contributed by atoms with E-state index >= 15 is 0 Å². The molecule has 5 heteroatoms. The van der Waals surface area contributed by atoms with Gasteiger partial charge in [0.1, 0.15) is 0 Å². The molecule has 0 bridgehead atoms. The van der Waals surface area contributed by atoms with Gasteiger partial charge in [-0.25, -0.2) is 9.97 Å². The number of hydrogen-bond donors (Lipinski definition) is 1. The van der Waals surface area contributed by atoms with Crippen molar-refractivity contribution in [3.63, 3.8) is 0 Å². The van der Waals surface area contributed by atoms with E-state index in [0.29, 0.717) is 6.04 Å². The lowest BCUT2D eigenvalue weighted by atomic mass is 10.1. The zero-order valence-electron chi connectivity index (χ0n) is 12.2. The molecule has 0 saturated carbocycles. The van der Waals surface area contributed by atoms with Crippen LogP contribution in [0.15, 0.2) is 12.4 Å². The van der Waals surface area contributed by atoms with Crippen LogP contribution in [0.1, 0.15) is 25.8 Å². The van der Waals surface area contributed by atoms with E-state index in [1.807, 2.05) is 12.4 Å². The number of nitrogens with zero attached hydrogens (tertiary/aromatic N) is 4. The molecule has 2 atom stereocenters. The summed E-state index contributed by atoms with van der Waals surface area (Å²) < 4.78 is 0. The Morgan fingerprint density at radius 2 is 2.05 bits per heavy atom. The summed E-state index contributed by atoms with van der Waals surface area (Å²) in [6.45, 7) is 7.44. The van der Waals surface area contributed by atoms with E-state index in [2.05, 4.69) is 40.7 Å². The Hall–Kier alpha value is -1.20. The number of nitrogens with two attached hydrogens (primary N) is 1. The molecule has 2 unspecified atom stereocenters. The zero-order chi connectivity index (χ0) is 13.8. The van der Waals surface area contributed by atoms with Crippen molar-refractivity contribution in [2.24, 2.45) is 5.73 Å². The normalized spacial score (nSPS) is 22.5. The average molecular weight is 263 g/mol. The fourth-order valence-corrected chi connectivity index (χ4v) is 2.49. The molecule has 1 aromatic rings. The lowest BCUT2D eigenvalue weighted by Crippen LogP contribution is -2.51. The number of rotatable bonds is 4. The SMILES string of the molecule is CCC(N)Cc1cnc(N2CCN(C)CC2C)nc1. The number of likely N-dealkylation sites (N-methyl/N-ethyl adjacent to an activating group) is 1. The lowest BCUT2D eigenvalue weighted by Gasteiger charge is -2.38. The Balaban J connectivity index is 2.01. The second-order valence-electron chi connectivity index (χ2n) is 5.57. The summed E-state index contributed by atoms with van der Waals surface area (Å²) >= 11 is 0. The van der Waals surface area contributed by atoms with Crippen molar-refractivity contribution in [2.45, 2.75) is 38.8 Å². The summed E-state index contributed by atoms with van der Waals surface area (Å²) in [7, 11) is 2.16. The maximum atomic E-state index is 5.95. The molecule has 0 spiro atoms. The summed E-state index contributed by atoms with van der Waals surface area (Å²) in [5.74, 6) is 0.842. The van der Waals surface area contributed by atoms with Gasteiger partial charge in [0.25, 0.3) is 0 Å². The molecule has 1 aliphatic rings. The highest BCUT2D eigenvalue weighted by Crippen LogP contribution is 2.15. The van der Waals surface area contributed by atoms with Gasteiger partial charge in [0.2, 0.25) is 5.95 Å². The van der Waals surface area contributed by atoms with Gasteiger partial charge < -0.3 is 15.5 Å². The molecule has 0 amide bonds. The molecule has 2 rings (SSSR count). The van der Waals surface area contributed by atoms with Crippen molar-refractivity contribution < 1.29 is 0 Å². The Labute approximate surface area is 115 Å². The Morgan fingerprint density at radius 3 is 2.63 bits per heavy atom. The van der Waals surface area contributed by atoms with Gasteiger partial charge in [-0.15, -0.1) is 0 Å². The average Bonchev–Trinajstić information content (AvgIpc) is 2.40. The van der Waals surface area contributed by atoms with E-state index in [1.54, 1.807) is 0 Å². The van der Waals surface area contributed by atoms with Crippen LogP contribution in [0.5, 0.6) is 0 Å². The highest BCUT2D eigenvalue weighted by molar-refractivity contribution is 5.32. The van der Waals surface area contributed by atoms with E-state index in [0.717, 1.165) is 44.0 Å². The maximum Gasteiger partial charge on any atom is 0.225 e. The van der Waals surface area contributed by atoms with Gasteiger partial charge >= 0.3 is 0 Å². The first-order valence-corrected chi connectivity index (χ1v) is 7.11. The van der Waals surface area contributed by atoms with Gasteiger partial charge in [-0.3, -0.25) is 0 Å². The fraction of sp³-hybridized carbons (Fsp3) is 0.714. The van der Waals surface area contributed by atoms with Crippen LogP contribution >= 0.6 is 0 Å². The first-order chi connectivity index (χ1) is 9.10. The molecule has 0 aliphatic carbocycles. The van der Waals surface area contributed by atoms with Crippen molar-refractivity contribution in [2.75, 3.05) is 31.6 Å². The quantitative estimate of drug-likeness (QED) is 0.874. The standard InChI is InChI=1S/C14H25N5/c1-4-13(15)7-12-8-16-14(17-9-12)19-6-5-18(3)10-11(19)2/h8-9,11,13H,4-7,10,15H2,1-3H3. The minimum Gasteiger partial charge on any atom is -0.336 e. The van der Waals surface area contributed by atoms with Gasteiger partial charge in [-0.05, 0) is 32.4 Å². The number of aromatic nitrogens is 2. The van der Waals surface area contributed by atoms with Crippen molar-refractivity contribution in [3.8, 4) is 0 Å². The highest BCUT2D eigenvalue weighted by Gasteiger charge is 2.23. The van der Waals surface area contributed by atoms with E-state index in [9.17, 15) is 0 Å². The third kappa shape index (κ3) is 3.64. The van der Waals surface area contributed by atoms with Crippen LogP contribution < -0.4 is 10.6 Å². The van der Waals surface area contributed by atoms with Gasteiger partial charge in [0.05, 0.1) is 0 Å². The van der Waals surface area contributed by atoms with Crippen molar-refractivity contribution >= 4 is 5.95 Å². The van der Waals surface area contributed by atoms with Crippen LogP contribution in [0, 0.1) is 0 Å². The molecule has 0 aromatic carbocycles. The van der Waals surface area contributed by atoms with Crippen LogP contribution in [-0.4, -0.2) is 53.6 Å². The van der Waals surface area contributed by atoms with E-state index in [4.69, 9.17) is 5.73 Å². The Bertz CT molecular complexity index is 391. The predicted molar refractivity (Wildman–Crippen MR) is 78.3 cm³/mol. The summed E-state index contributed by atoms with van der Waals surface area (Å²) in [6, 6.07) is 0.666. The van der Waals surface area contributed by atoms with E-state index in [-0.39, 0.29) is 6.04 Å². The van der Waals surface area contributed by atoms with Crippen LogP contribution in [-0.2, 0) is 6.42 Å². The molecule has 1 aromatic heterocycles. The third-order valence-electron chi connectivity index (χ3n) is 3.80. The Morgan fingerprint density at radius 1 is 1.37 bits per heavy atom. The van der Waals surface area contributed by atoms with Crippen LogP contribution in [0.25, 0.3) is 0 Å². The predicted octanol–water partition coefficient (Wildman–Crippen LogP) is 0.897. The number of hydrogen-bond acceptors (Lipinski definition) is 5. The number of anilines is 1. The first kappa shape index (κ1) is 14.2. The molecular weight excluding hydrogens is 238 g/mol. The minimum absolute atomic E-state index is 0.206. The smallest absolute Gasteiger partial charge is 0.225 e. The topological polar surface area (TPSA) is 58.3 Å². The Kier molecular flexibility index (Phi) is 4.71. The molecule has 106 valence electrons. The lowest BCUT2D eigenvalue weighted by molar-refractivity contribution is 0.273. The molecule has 19 heavy (non-hydrogen) atoms. The molecule has 2 N–H and O–H groups in total. The van der Waals surface area contributed by atoms with E-state index < -0.39 is 0 Å². The molecule has 1 saturated heterocycles. The maximum absolute atomic E-state index is 5.95. The molecule has 2 heterocycles. The van der Waals surface area contributed by atoms with Gasteiger partial charge in [-0.2, -0.15) is 0 Å². The van der Waals surface area contributed by atoms with Gasteiger partial charge in [0.15, 0.2) is 0 Å². The second kappa shape index (κ2) is 6.30. The monoisotopic (exact) mass is 263 g/mol. The van der Waals surface area contributed by atoms with Gasteiger partial charge in [0, 0.05) is 44.1 Å². The zero-order valence-corrected chi connectivity index (χ0v) is 12.2. The second-order valence-corrected chi connectivity index (χ2v) is 5.57. The molecule has 1 aliphatic heterocycles. The summed E-state index contributed by atoms with van der Waals surface area (Å²) in [5, 5.41) is 0. The van der Waals surface area contributed by atoms with Crippen LogP contribution in [0.2, 0.25) is 0 Å². The number of piperazine rings is 1. The third-order valence-corrected chi connectivity index (χ3v) is 3.80. The van der Waals surface area contributed by atoms with E-state index in [1.165, 1.54) is 0 Å².